The number of nitrogens with one attached hydrogen (secondary N) is 2. The normalized spacial score (nSPS) is 23.9. The highest BCUT2D eigenvalue weighted by atomic mass is 19.1. The number of hydrogen-bond acceptors (Lipinski definition) is 3. The van der Waals surface area contributed by atoms with Crippen LogP contribution in [0.3, 0.4) is 0 Å². The molecule has 3 N–H and O–H groups in total. The molecule has 2 rings (SSSR count). The number of piperidine rings is 1. The fourth-order valence-corrected chi connectivity index (χ4v) is 3.14. The Hall–Kier alpha value is -1.50. The second-order valence-corrected chi connectivity index (χ2v) is 6.34. The molecule has 1 heterocycles. The molecular formula is C18H28FN2O3+. The smallest absolute Gasteiger partial charge is 0.275 e. The van der Waals surface area contributed by atoms with Gasteiger partial charge in [-0.15, -0.1) is 0 Å². The van der Waals surface area contributed by atoms with E-state index in [4.69, 9.17) is 4.74 Å². The first-order valence-electron chi connectivity index (χ1n) is 8.70. The van der Waals surface area contributed by atoms with Crippen molar-refractivity contribution < 1.29 is 23.9 Å². The maximum atomic E-state index is 13.9. The summed E-state index contributed by atoms with van der Waals surface area (Å²) in [6.07, 6.45) is 1.73. The van der Waals surface area contributed by atoms with Crippen LogP contribution in [0.2, 0.25) is 0 Å². The average molecular weight is 339 g/mol. The topological polar surface area (TPSA) is 63.0 Å². The Kier molecular flexibility index (Phi) is 7.15. The summed E-state index contributed by atoms with van der Waals surface area (Å²) in [4.78, 5) is 13.1. The standard InChI is InChI=1S/C18H27FN2O3/c1-2-24-13-5-10-20-17(22)14-21-11-8-18(23,9-12-21)15-6-3-4-7-16(15)19/h3-4,6-7,23H,2,5,8-14H2,1H3,(H,20,22)/p+1. The van der Waals surface area contributed by atoms with Crippen LogP contribution < -0.4 is 10.2 Å². The molecule has 1 aromatic carbocycles. The lowest BCUT2D eigenvalue weighted by Gasteiger charge is -2.36. The fourth-order valence-electron chi connectivity index (χ4n) is 3.14. The van der Waals surface area contributed by atoms with Crippen molar-refractivity contribution in [3.05, 3.63) is 35.6 Å². The number of likely N-dealkylation sites (tertiary alicyclic amines) is 1. The third-order valence-corrected chi connectivity index (χ3v) is 4.56. The number of amides is 1. The van der Waals surface area contributed by atoms with Crippen LogP contribution >= 0.6 is 0 Å². The van der Waals surface area contributed by atoms with Gasteiger partial charge >= 0.3 is 0 Å². The molecule has 1 aromatic rings. The van der Waals surface area contributed by atoms with Gasteiger partial charge in [0.25, 0.3) is 5.91 Å². The molecule has 5 nitrogen and oxygen atoms in total. The Morgan fingerprint density at radius 1 is 1.38 bits per heavy atom. The molecule has 1 fully saturated rings. The van der Waals surface area contributed by atoms with Crippen molar-refractivity contribution in [3.63, 3.8) is 0 Å². The van der Waals surface area contributed by atoms with Gasteiger partial charge in [0, 0.05) is 38.2 Å². The number of halogens is 1. The van der Waals surface area contributed by atoms with E-state index in [1.807, 2.05) is 6.92 Å². The molecule has 1 aliphatic rings. The first-order chi connectivity index (χ1) is 11.5. The van der Waals surface area contributed by atoms with Crippen LogP contribution in [0.4, 0.5) is 4.39 Å². The fraction of sp³-hybridized carbons (Fsp3) is 0.611. The van der Waals surface area contributed by atoms with E-state index in [2.05, 4.69) is 5.32 Å². The molecule has 0 aliphatic carbocycles. The molecule has 0 spiro atoms. The molecule has 134 valence electrons. The van der Waals surface area contributed by atoms with E-state index < -0.39 is 5.60 Å². The van der Waals surface area contributed by atoms with Crippen molar-refractivity contribution in [3.8, 4) is 0 Å². The van der Waals surface area contributed by atoms with Crippen LogP contribution in [-0.4, -0.2) is 50.4 Å². The van der Waals surface area contributed by atoms with E-state index in [1.54, 1.807) is 18.2 Å². The van der Waals surface area contributed by atoms with Crippen LogP contribution in [0, 0.1) is 5.82 Å². The second kappa shape index (κ2) is 9.11. The first-order valence-corrected chi connectivity index (χ1v) is 8.70. The number of ether oxygens (including phenoxy) is 1. The van der Waals surface area contributed by atoms with Gasteiger partial charge in [-0.05, 0) is 19.4 Å². The SMILES string of the molecule is CCOCCCNC(=O)C[NH+]1CCC(O)(c2ccccc2F)CC1. The summed E-state index contributed by atoms with van der Waals surface area (Å²) in [6, 6.07) is 6.39. The average Bonchev–Trinajstić information content (AvgIpc) is 2.57. The molecule has 1 aliphatic heterocycles. The highest BCUT2D eigenvalue weighted by Crippen LogP contribution is 2.30. The van der Waals surface area contributed by atoms with Crippen molar-refractivity contribution in [1.82, 2.24) is 5.32 Å². The second-order valence-electron chi connectivity index (χ2n) is 6.34. The van der Waals surface area contributed by atoms with E-state index in [0.29, 0.717) is 57.8 Å². The summed E-state index contributed by atoms with van der Waals surface area (Å²) in [5, 5.41) is 13.6. The van der Waals surface area contributed by atoms with Crippen molar-refractivity contribution in [2.75, 3.05) is 39.4 Å². The predicted molar refractivity (Wildman–Crippen MR) is 89.2 cm³/mol. The van der Waals surface area contributed by atoms with Gasteiger partial charge in [-0.2, -0.15) is 0 Å². The first kappa shape index (κ1) is 18.8. The Morgan fingerprint density at radius 2 is 2.08 bits per heavy atom. The van der Waals surface area contributed by atoms with Gasteiger partial charge in [-0.25, -0.2) is 4.39 Å². The van der Waals surface area contributed by atoms with E-state index in [9.17, 15) is 14.3 Å². The minimum absolute atomic E-state index is 0.0119. The molecule has 0 aromatic heterocycles. The maximum absolute atomic E-state index is 13.9. The lowest BCUT2D eigenvalue weighted by Crippen LogP contribution is -3.14. The summed E-state index contributed by atoms with van der Waals surface area (Å²) in [5.74, 6) is -0.353. The molecule has 24 heavy (non-hydrogen) atoms. The highest BCUT2D eigenvalue weighted by molar-refractivity contribution is 5.76. The van der Waals surface area contributed by atoms with E-state index in [-0.39, 0.29) is 11.7 Å². The van der Waals surface area contributed by atoms with Crippen LogP contribution in [0.1, 0.15) is 31.7 Å². The Bertz CT molecular complexity index is 531. The zero-order valence-corrected chi connectivity index (χ0v) is 14.3. The quantitative estimate of drug-likeness (QED) is 0.595. The zero-order valence-electron chi connectivity index (χ0n) is 14.3. The van der Waals surface area contributed by atoms with E-state index in [0.717, 1.165) is 11.3 Å². The van der Waals surface area contributed by atoms with Gasteiger partial charge in [0.05, 0.1) is 13.1 Å². The lowest BCUT2D eigenvalue weighted by atomic mass is 9.84. The van der Waals surface area contributed by atoms with Crippen LogP contribution in [0.5, 0.6) is 0 Å². The molecule has 1 saturated heterocycles. The number of carbonyl (C=O) groups excluding carboxylic acids is 1. The third kappa shape index (κ3) is 5.26. The summed E-state index contributed by atoms with van der Waals surface area (Å²) >= 11 is 0. The lowest BCUT2D eigenvalue weighted by molar-refractivity contribution is -0.900. The van der Waals surface area contributed by atoms with Crippen molar-refractivity contribution >= 4 is 5.91 Å². The van der Waals surface area contributed by atoms with Gasteiger partial charge < -0.3 is 20.1 Å². The van der Waals surface area contributed by atoms with Crippen LogP contribution in [0.15, 0.2) is 24.3 Å². The third-order valence-electron chi connectivity index (χ3n) is 4.56. The minimum atomic E-state index is -1.12. The largest absolute Gasteiger partial charge is 0.385 e. The number of hydrogen-bond donors (Lipinski definition) is 3. The molecule has 0 atom stereocenters. The van der Waals surface area contributed by atoms with Gasteiger partial charge in [-0.3, -0.25) is 4.79 Å². The van der Waals surface area contributed by atoms with Gasteiger partial charge in [-0.1, -0.05) is 18.2 Å². The molecule has 6 heteroatoms. The molecule has 0 radical (unpaired) electrons. The van der Waals surface area contributed by atoms with E-state index in [1.165, 1.54) is 6.07 Å². The number of rotatable bonds is 8. The summed E-state index contributed by atoms with van der Waals surface area (Å²) < 4.78 is 19.1. The highest BCUT2D eigenvalue weighted by Gasteiger charge is 2.38. The maximum Gasteiger partial charge on any atom is 0.275 e. The number of carbonyl (C=O) groups is 1. The zero-order chi connectivity index (χ0) is 17.4. The van der Waals surface area contributed by atoms with Crippen molar-refractivity contribution in [2.45, 2.75) is 31.8 Å². The Labute approximate surface area is 142 Å². The van der Waals surface area contributed by atoms with E-state index >= 15 is 0 Å². The molecule has 0 bridgehead atoms. The Morgan fingerprint density at radius 3 is 2.75 bits per heavy atom. The van der Waals surface area contributed by atoms with Crippen molar-refractivity contribution in [2.24, 2.45) is 0 Å². The number of benzene rings is 1. The Balaban J connectivity index is 1.74. The number of aliphatic hydroxyl groups is 1. The van der Waals surface area contributed by atoms with Gasteiger partial charge in [0.1, 0.15) is 11.4 Å². The van der Waals surface area contributed by atoms with Crippen molar-refractivity contribution in [1.29, 1.82) is 0 Å². The monoisotopic (exact) mass is 339 g/mol. The summed E-state index contributed by atoms with van der Waals surface area (Å²) in [7, 11) is 0. The number of quaternary nitrogens is 1. The summed E-state index contributed by atoms with van der Waals surface area (Å²) in [6.45, 7) is 5.60. The van der Waals surface area contributed by atoms with Crippen LogP contribution in [-0.2, 0) is 15.1 Å². The molecule has 1 amide bonds. The molecule has 0 saturated carbocycles. The molecule has 0 unspecified atom stereocenters. The van der Waals surface area contributed by atoms with Crippen LogP contribution in [0.25, 0.3) is 0 Å². The van der Waals surface area contributed by atoms with Gasteiger partial charge in [0.15, 0.2) is 6.54 Å². The minimum Gasteiger partial charge on any atom is -0.385 e. The molecular weight excluding hydrogens is 311 g/mol. The van der Waals surface area contributed by atoms with Gasteiger partial charge in [0.2, 0.25) is 0 Å². The predicted octanol–water partition coefficient (Wildman–Crippen LogP) is 0.235. The summed E-state index contributed by atoms with van der Waals surface area (Å²) in [5.41, 5.74) is -0.757.